The lowest BCUT2D eigenvalue weighted by molar-refractivity contribution is -0.126. The van der Waals surface area contributed by atoms with Crippen LogP contribution in [-0.2, 0) is 21.4 Å². The third-order valence-electron chi connectivity index (χ3n) is 6.07. The Hall–Kier alpha value is -3.60. The molecule has 38 heavy (non-hydrogen) atoms. The Morgan fingerprint density at radius 2 is 1.66 bits per heavy atom. The van der Waals surface area contributed by atoms with Gasteiger partial charge in [-0.2, -0.15) is 4.31 Å². The molecule has 0 aliphatic carbocycles. The highest BCUT2D eigenvalue weighted by Crippen LogP contribution is 2.24. The molecular weight excluding hydrogens is 528 g/mol. The van der Waals surface area contributed by atoms with Crippen molar-refractivity contribution < 1.29 is 22.7 Å². The van der Waals surface area contributed by atoms with Gasteiger partial charge in [-0.3, -0.25) is 4.79 Å². The Morgan fingerprint density at radius 1 is 0.974 bits per heavy atom. The summed E-state index contributed by atoms with van der Waals surface area (Å²) in [6.45, 7) is 2.58. The first kappa shape index (κ1) is 27.4. The van der Waals surface area contributed by atoms with E-state index in [1.54, 1.807) is 24.3 Å². The van der Waals surface area contributed by atoms with Crippen LogP contribution in [-0.4, -0.2) is 61.8 Å². The van der Waals surface area contributed by atoms with Crippen molar-refractivity contribution in [2.75, 3.05) is 31.6 Å². The molecule has 1 aliphatic rings. The number of sulfonamides is 1. The van der Waals surface area contributed by atoms with Crippen LogP contribution in [0, 0.1) is 0 Å². The standard InChI is InChI=1S/C27H29ClN4O5S/c1-2-37-23-12-10-22(11-13-23)30-27(34)31-16-17-32(38(35,36)24-14-8-21(28)9-15-24)25(19-31)26(33)29-18-20-6-4-3-5-7-20/h3-15,25H,2,16-19H2,1H3,(H,29,33)(H,30,34). The quantitative estimate of drug-likeness (QED) is 0.436. The van der Waals surface area contributed by atoms with Crippen molar-refractivity contribution in [2.45, 2.75) is 24.4 Å². The lowest BCUT2D eigenvalue weighted by atomic mass is 10.2. The second kappa shape index (κ2) is 12.3. The van der Waals surface area contributed by atoms with Gasteiger partial charge in [0.25, 0.3) is 0 Å². The summed E-state index contributed by atoms with van der Waals surface area (Å²) in [5, 5.41) is 6.03. The zero-order valence-corrected chi connectivity index (χ0v) is 22.4. The Kier molecular flexibility index (Phi) is 8.88. The molecule has 1 unspecified atom stereocenters. The fourth-order valence-corrected chi connectivity index (χ4v) is 5.80. The maximum absolute atomic E-state index is 13.5. The lowest BCUT2D eigenvalue weighted by Crippen LogP contribution is -2.61. The number of hydrogen-bond donors (Lipinski definition) is 2. The maximum atomic E-state index is 13.5. The molecular formula is C27H29ClN4O5S. The van der Waals surface area contributed by atoms with Gasteiger partial charge in [0.2, 0.25) is 15.9 Å². The third kappa shape index (κ3) is 6.63. The number of carbonyl (C=O) groups excluding carboxylic acids is 2. The number of carbonyl (C=O) groups is 2. The molecule has 1 atom stereocenters. The van der Waals surface area contributed by atoms with E-state index in [0.29, 0.717) is 23.1 Å². The molecule has 0 bridgehead atoms. The van der Waals surface area contributed by atoms with E-state index in [1.807, 2.05) is 37.3 Å². The van der Waals surface area contributed by atoms with Crippen molar-refractivity contribution in [3.63, 3.8) is 0 Å². The van der Waals surface area contributed by atoms with E-state index >= 15 is 0 Å². The average molecular weight is 557 g/mol. The molecule has 3 amide bonds. The second-order valence-corrected chi connectivity index (χ2v) is 10.9. The SMILES string of the molecule is CCOc1ccc(NC(=O)N2CCN(S(=O)(=O)c3ccc(Cl)cc3)C(C(=O)NCc3ccccc3)C2)cc1. The van der Waals surface area contributed by atoms with Crippen LogP contribution >= 0.6 is 11.6 Å². The van der Waals surface area contributed by atoms with Crippen LogP contribution in [0.1, 0.15) is 12.5 Å². The summed E-state index contributed by atoms with van der Waals surface area (Å²) in [5.74, 6) is 0.187. The minimum Gasteiger partial charge on any atom is -0.494 e. The van der Waals surface area contributed by atoms with Gasteiger partial charge in [0.15, 0.2) is 0 Å². The molecule has 3 aromatic rings. The molecule has 9 nitrogen and oxygen atoms in total. The Bertz CT molecular complexity index is 1350. The number of nitrogens with zero attached hydrogens (tertiary/aromatic N) is 2. The van der Waals surface area contributed by atoms with Crippen molar-refractivity contribution in [3.8, 4) is 5.75 Å². The molecule has 11 heteroatoms. The highest BCUT2D eigenvalue weighted by Gasteiger charge is 2.41. The van der Waals surface area contributed by atoms with E-state index in [-0.39, 0.29) is 31.1 Å². The number of benzene rings is 3. The van der Waals surface area contributed by atoms with Crippen LogP contribution < -0.4 is 15.4 Å². The summed E-state index contributed by atoms with van der Waals surface area (Å²) in [6.07, 6.45) is 0. The summed E-state index contributed by atoms with van der Waals surface area (Å²) in [6, 6.07) is 20.4. The van der Waals surface area contributed by atoms with Gasteiger partial charge in [0, 0.05) is 36.9 Å². The zero-order valence-electron chi connectivity index (χ0n) is 20.8. The minimum atomic E-state index is -4.03. The first-order chi connectivity index (χ1) is 18.3. The number of hydrogen-bond acceptors (Lipinski definition) is 5. The third-order valence-corrected chi connectivity index (χ3v) is 8.24. The monoisotopic (exact) mass is 556 g/mol. The van der Waals surface area contributed by atoms with Gasteiger partial charge in [0.05, 0.1) is 11.5 Å². The van der Waals surface area contributed by atoms with Crippen molar-refractivity contribution in [1.82, 2.24) is 14.5 Å². The molecule has 4 rings (SSSR count). The number of nitrogens with one attached hydrogen (secondary N) is 2. The molecule has 1 aliphatic heterocycles. The van der Waals surface area contributed by atoms with E-state index in [1.165, 1.54) is 29.2 Å². The van der Waals surface area contributed by atoms with Crippen molar-refractivity contribution in [3.05, 3.63) is 89.4 Å². The normalized spacial score (nSPS) is 16.1. The van der Waals surface area contributed by atoms with Gasteiger partial charge in [-0.15, -0.1) is 0 Å². The molecule has 0 spiro atoms. The first-order valence-corrected chi connectivity index (χ1v) is 14.0. The molecule has 0 aromatic heterocycles. The molecule has 200 valence electrons. The zero-order chi connectivity index (χ0) is 27.1. The van der Waals surface area contributed by atoms with Crippen molar-refractivity contribution in [1.29, 1.82) is 0 Å². The van der Waals surface area contributed by atoms with Crippen LogP contribution in [0.4, 0.5) is 10.5 Å². The van der Waals surface area contributed by atoms with Crippen LogP contribution in [0.25, 0.3) is 0 Å². The maximum Gasteiger partial charge on any atom is 0.321 e. The van der Waals surface area contributed by atoms with Crippen LogP contribution in [0.5, 0.6) is 5.75 Å². The summed E-state index contributed by atoms with van der Waals surface area (Å²) in [5.41, 5.74) is 1.42. The van der Waals surface area contributed by atoms with Gasteiger partial charge < -0.3 is 20.3 Å². The summed E-state index contributed by atoms with van der Waals surface area (Å²) >= 11 is 5.94. The molecule has 1 heterocycles. The predicted octanol–water partition coefficient (Wildman–Crippen LogP) is 3.96. The topological polar surface area (TPSA) is 108 Å². The largest absolute Gasteiger partial charge is 0.494 e. The highest BCUT2D eigenvalue weighted by atomic mass is 35.5. The lowest BCUT2D eigenvalue weighted by Gasteiger charge is -2.39. The average Bonchev–Trinajstić information content (AvgIpc) is 2.93. The number of anilines is 1. The van der Waals surface area contributed by atoms with Gasteiger partial charge >= 0.3 is 6.03 Å². The highest BCUT2D eigenvalue weighted by molar-refractivity contribution is 7.89. The molecule has 2 N–H and O–H groups in total. The van der Waals surface area contributed by atoms with E-state index in [9.17, 15) is 18.0 Å². The van der Waals surface area contributed by atoms with Gasteiger partial charge in [-0.25, -0.2) is 13.2 Å². The summed E-state index contributed by atoms with van der Waals surface area (Å²) in [7, 11) is -4.03. The van der Waals surface area contributed by atoms with E-state index in [0.717, 1.165) is 9.87 Å². The van der Waals surface area contributed by atoms with E-state index in [2.05, 4.69) is 10.6 Å². The molecule has 1 saturated heterocycles. The van der Waals surface area contributed by atoms with Crippen molar-refractivity contribution in [2.24, 2.45) is 0 Å². The van der Waals surface area contributed by atoms with Crippen LogP contribution in [0.2, 0.25) is 5.02 Å². The summed E-state index contributed by atoms with van der Waals surface area (Å²) in [4.78, 5) is 27.9. The second-order valence-electron chi connectivity index (χ2n) is 8.62. The predicted molar refractivity (Wildman–Crippen MR) is 146 cm³/mol. The van der Waals surface area contributed by atoms with E-state index < -0.39 is 28.0 Å². The Morgan fingerprint density at radius 3 is 2.32 bits per heavy atom. The number of ether oxygens (including phenoxy) is 1. The number of rotatable bonds is 8. The molecule has 1 fully saturated rings. The smallest absolute Gasteiger partial charge is 0.321 e. The Balaban J connectivity index is 1.52. The molecule has 0 radical (unpaired) electrons. The van der Waals surface area contributed by atoms with Crippen molar-refractivity contribution >= 4 is 39.2 Å². The van der Waals surface area contributed by atoms with E-state index in [4.69, 9.17) is 16.3 Å². The molecule has 3 aromatic carbocycles. The minimum absolute atomic E-state index is 0.0232. The van der Waals surface area contributed by atoms with Gasteiger partial charge in [-0.05, 0) is 61.0 Å². The number of piperazine rings is 1. The fourth-order valence-electron chi connectivity index (χ4n) is 4.10. The molecule has 0 saturated carbocycles. The number of urea groups is 1. The first-order valence-electron chi connectivity index (χ1n) is 12.2. The Labute approximate surface area is 227 Å². The van der Waals surface area contributed by atoms with Gasteiger partial charge in [-0.1, -0.05) is 41.9 Å². The number of halogens is 1. The summed E-state index contributed by atoms with van der Waals surface area (Å²) < 4.78 is 33.6. The fraction of sp³-hybridized carbons (Fsp3) is 0.259. The van der Waals surface area contributed by atoms with Gasteiger partial charge in [0.1, 0.15) is 11.8 Å². The number of amides is 3. The van der Waals surface area contributed by atoms with Crippen LogP contribution in [0.15, 0.2) is 83.8 Å². The van der Waals surface area contributed by atoms with Crippen LogP contribution in [0.3, 0.4) is 0 Å².